The maximum atomic E-state index is 11.1. The van der Waals surface area contributed by atoms with E-state index in [0.29, 0.717) is 25.2 Å². The number of rotatable bonds is 8. The molecule has 5 heteroatoms. The van der Waals surface area contributed by atoms with Crippen LogP contribution in [-0.2, 0) is 9.53 Å². The molecule has 1 rings (SSSR count). The van der Waals surface area contributed by atoms with Crippen molar-refractivity contribution in [2.75, 3.05) is 13.2 Å². The first-order valence-corrected chi connectivity index (χ1v) is 6.36. The highest BCUT2D eigenvalue weighted by Gasteiger charge is 2.01. The van der Waals surface area contributed by atoms with Gasteiger partial charge in [0, 0.05) is 12.0 Å². The van der Waals surface area contributed by atoms with E-state index in [1.807, 2.05) is 0 Å². The molecule has 3 N–H and O–H groups in total. The molecule has 0 amide bonds. The fourth-order valence-corrected chi connectivity index (χ4v) is 1.53. The van der Waals surface area contributed by atoms with Crippen LogP contribution in [0.25, 0.3) is 0 Å². The lowest BCUT2D eigenvalue weighted by molar-refractivity contribution is -0.143. The first kappa shape index (κ1) is 15.0. The number of unbranched alkanes of at least 4 members (excludes halogenated alkanes) is 1. The summed E-state index contributed by atoms with van der Waals surface area (Å²) in [6.07, 6.45) is 1.98. The Balaban J connectivity index is 2.19. The molecule has 0 bridgehead atoms. The van der Waals surface area contributed by atoms with E-state index < -0.39 is 0 Å². The summed E-state index contributed by atoms with van der Waals surface area (Å²) in [6, 6.07) is 7.05. The van der Waals surface area contributed by atoms with Gasteiger partial charge in [0.05, 0.1) is 13.2 Å². The number of nitrogen functional groups attached to an aromatic ring is 1. The molecule has 0 heterocycles. The smallest absolute Gasteiger partial charge is 0.305 e. The molecule has 1 aromatic carbocycles. The summed E-state index contributed by atoms with van der Waals surface area (Å²) in [5.74, 6) is 0.621. The van der Waals surface area contributed by atoms with Crippen molar-refractivity contribution in [3.63, 3.8) is 0 Å². The molecule has 0 aliphatic rings. The van der Waals surface area contributed by atoms with Crippen molar-refractivity contribution in [2.45, 2.75) is 26.2 Å². The van der Waals surface area contributed by atoms with Crippen molar-refractivity contribution in [1.29, 1.82) is 5.41 Å². The Morgan fingerprint density at radius 1 is 1.26 bits per heavy atom. The number of esters is 1. The third-order valence-corrected chi connectivity index (χ3v) is 2.51. The van der Waals surface area contributed by atoms with E-state index in [-0.39, 0.29) is 11.8 Å². The first-order valence-electron chi connectivity index (χ1n) is 6.36. The fourth-order valence-electron chi connectivity index (χ4n) is 1.53. The average molecular weight is 264 g/mol. The summed E-state index contributed by atoms with van der Waals surface area (Å²) in [4.78, 5) is 11.1. The van der Waals surface area contributed by atoms with Gasteiger partial charge in [-0.05, 0) is 44.0 Å². The first-order chi connectivity index (χ1) is 9.13. The molecule has 5 nitrogen and oxygen atoms in total. The second-order valence-corrected chi connectivity index (χ2v) is 4.05. The van der Waals surface area contributed by atoms with E-state index in [1.165, 1.54) is 0 Å². The predicted molar refractivity (Wildman–Crippen MR) is 73.4 cm³/mol. The average Bonchev–Trinajstić information content (AvgIpc) is 2.39. The van der Waals surface area contributed by atoms with Gasteiger partial charge in [0.15, 0.2) is 0 Å². The van der Waals surface area contributed by atoms with Crippen LogP contribution in [0.1, 0.15) is 31.7 Å². The van der Waals surface area contributed by atoms with Crippen molar-refractivity contribution >= 4 is 11.8 Å². The van der Waals surface area contributed by atoms with E-state index in [0.717, 1.165) is 18.6 Å². The highest BCUT2D eigenvalue weighted by atomic mass is 16.5. The number of hydrogen-bond acceptors (Lipinski definition) is 4. The van der Waals surface area contributed by atoms with E-state index in [4.69, 9.17) is 20.6 Å². The maximum absolute atomic E-state index is 11.1. The Morgan fingerprint density at radius 3 is 2.53 bits per heavy atom. The van der Waals surface area contributed by atoms with Gasteiger partial charge in [-0.15, -0.1) is 0 Å². The zero-order valence-electron chi connectivity index (χ0n) is 11.1. The molecule has 0 aliphatic heterocycles. The van der Waals surface area contributed by atoms with Crippen molar-refractivity contribution in [2.24, 2.45) is 5.73 Å². The number of carbonyl (C=O) groups is 1. The van der Waals surface area contributed by atoms with Gasteiger partial charge in [-0.1, -0.05) is 0 Å². The van der Waals surface area contributed by atoms with Crippen LogP contribution in [0.4, 0.5) is 0 Å². The standard InChI is InChI=1S/C14H20N2O3/c1-2-18-13(17)5-3-4-10-19-12-8-6-11(7-9-12)14(15)16/h6-9H,2-5,10H2,1H3,(H3,15,16). The molecular weight excluding hydrogens is 244 g/mol. The van der Waals surface area contributed by atoms with E-state index >= 15 is 0 Å². The molecule has 0 unspecified atom stereocenters. The molecule has 0 aromatic heterocycles. The Labute approximate surface area is 113 Å². The van der Waals surface area contributed by atoms with Crippen molar-refractivity contribution in [1.82, 2.24) is 0 Å². The zero-order chi connectivity index (χ0) is 14.1. The third kappa shape index (κ3) is 5.90. The highest BCUT2D eigenvalue weighted by molar-refractivity contribution is 5.94. The Hall–Kier alpha value is -2.04. The molecule has 0 saturated heterocycles. The summed E-state index contributed by atoms with van der Waals surface area (Å²) < 4.78 is 10.3. The summed E-state index contributed by atoms with van der Waals surface area (Å²) in [5, 5.41) is 7.27. The number of carbonyl (C=O) groups excluding carboxylic acids is 1. The minimum absolute atomic E-state index is 0.0426. The molecule has 19 heavy (non-hydrogen) atoms. The Kier molecular flexibility index (Phi) is 6.43. The SMILES string of the molecule is CCOC(=O)CCCCOc1ccc(C(=N)N)cc1. The van der Waals surface area contributed by atoms with Crippen molar-refractivity contribution < 1.29 is 14.3 Å². The summed E-state index contributed by atoms with van der Waals surface area (Å²) >= 11 is 0. The fraction of sp³-hybridized carbons (Fsp3) is 0.429. The lowest BCUT2D eigenvalue weighted by Gasteiger charge is -2.06. The van der Waals surface area contributed by atoms with Gasteiger partial charge >= 0.3 is 5.97 Å². The van der Waals surface area contributed by atoms with E-state index in [9.17, 15) is 4.79 Å². The molecule has 104 valence electrons. The minimum Gasteiger partial charge on any atom is -0.494 e. The summed E-state index contributed by atoms with van der Waals surface area (Å²) in [5.41, 5.74) is 6.03. The van der Waals surface area contributed by atoms with Gasteiger partial charge < -0.3 is 15.2 Å². The Bertz CT molecular complexity index is 415. The number of nitrogens with one attached hydrogen (secondary N) is 1. The van der Waals surface area contributed by atoms with Gasteiger partial charge in [0.1, 0.15) is 11.6 Å². The normalized spacial score (nSPS) is 9.95. The summed E-state index contributed by atoms with van der Waals surface area (Å²) in [6.45, 7) is 2.78. The van der Waals surface area contributed by atoms with Crippen LogP contribution in [-0.4, -0.2) is 25.0 Å². The quantitative estimate of drug-likeness (QED) is 0.326. The number of hydrogen-bond donors (Lipinski definition) is 2. The lowest BCUT2D eigenvalue weighted by Crippen LogP contribution is -2.10. The van der Waals surface area contributed by atoms with Gasteiger partial charge in [-0.2, -0.15) is 0 Å². The van der Waals surface area contributed by atoms with Crippen LogP contribution in [0.5, 0.6) is 5.75 Å². The zero-order valence-corrected chi connectivity index (χ0v) is 11.1. The number of nitrogens with two attached hydrogens (primary N) is 1. The van der Waals surface area contributed by atoms with E-state index in [1.54, 1.807) is 31.2 Å². The maximum Gasteiger partial charge on any atom is 0.305 e. The second kappa shape index (κ2) is 8.13. The number of benzene rings is 1. The van der Waals surface area contributed by atoms with Gasteiger partial charge in [0.2, 0.25) is 0 Å². The number of ether oxygens (including phenoxy) is 2. The van der Waals surface area contributed by atoms with Crippen LogP contribution >= 0.6 is 0 Å². The molecule has 1 aromatic rings. The highest BCUT2D eigenvalue weighted by Crippen LogP contribution is 2.12. The van der Waals surface area contributed by atoms with E-state index in [2.05, 4.69) is 0 Å². The molecule has 0 spiro atoms. The molecule has 0 atom stereocenters. The molecular formula is C14H20N2O3. The van der Waals surface area contributed by atoms with Crippen LogP contribution in [0, 0.1) is 5.41 Å². The molecule has 0 saturated carbocycles. The van der Waals surface area contributed by atoms with Gasteiger partial charge in [-0.25, -0.2) is 0 Å². The molecule has 0 radical (unpaired) electrons. The van der Waals surface area contributed by atoms with Crippen LogP contribution < -0.4 is 10.5 Å². The largest absolute Gasteiger partial charge is 0.494 e. The van der Waals surface area contributed by atoms with Gasteiger partial charge in [0.25, 0.3) is 0 Å². The van der Waals surface area contributed by atoms with Crippen molar-refractivity contribution in [3.05, 3.63) is 29.8 Å². The Morgan fingerprint density at radius 2 is 1.95 bits per heavy atom. The monoisotopic (exact) mass is 264 g/mol. The number of amidine groups is 1. The van der Waals surface area contributed by atoms with Gasteiger partial charge in [-0.3, -0.25) is 10.2 Å². The van der Waals surface area contributed by atoms with Crippen LogP contribution in [0.2, 0.25) is 0 Å². The minimum atomic E-state index is -0.159. The van der Waals surface area contributed by atoms with Crippen LogP contribution in [0.3, 0.4) is 0 Å². The van der Waals surface area contributed by atoms with Crippen molar-refractivity contribution in [3.8, 4) is 5.75 Å². The molecule has 0 aliphatic carbocycles. The second-order valence-electron chi connectivity index (χ2n) is 4.05. The topological polar surface area (TPSA) is 85.4 Å². The summed E-state index contributed by atoms with van der Waals surface area (Å²) in [7, 11) is 0. The predicted octanol–water partition coefficient (Wildman–Crippen LogP) is 2.08. The van der Waals surface area contributed by atoms with Crippen LogP contribution in [0.15, 0.2) is 24.3 Å². The third-order valence-electron chi connectivity index (χ3n) is 2.51. The lowest BCUT2D eigenvalue weighted by atomic mass is 10.2. The molecule has 0 fully saturated rings.